The van der Waals surface area contributed by atoms with Crippen molar-refractivity contribution in [1.29, 1.82) is 0 Å². The summed E-state index contributed by atoms with van der Waals surface area (Å²) in [6.07, 6.45) is 1.63. The Bertz CT molecular complexity index is 1270. The molecule has 30 heavy (non-hydrogen) atoms. The van der Waals surface area contributed by atoms with E-state index in [2.05, 4.69) is 10.4 Å². The molecule has 0 saturated heterocycles. The van der Waals surface area contributed by atoms with E-state index in [9.17, 15) is 9.18 Å². The molecule has 3 aromatic heterocycles. The van der Waals surface area contributed by atoms with Gasteiger partial charge in [0.1, 0.15) is 17.3 Å². The maximum Gasteiger partial charge on any atom is 0.256 e. The first-order valence-corrected chi connectivity index (χ1v) is 9.77. The molecule has 6 nitrogen and oxygen atoms in total. The van der Waals surface area contributed by atoms with Crippen LogP contribution in [0.3, 0.4) is 0 Å². The van der Waals surface area contributed by atoms with Crippen molar-refractivity contribution in [3.8, 4) is 11.3 Å². The fraction of sp³-hybridized carbons (Fsp3) is 0.261. The predicted octanol–water partition coefficient (Wildman–Crippen LogP) is 5.59. The van der Waals surface area contributed by atoms with Crippen molar-refractivity contribution in [3.05, 3.63) is 65.0 Å². The van der Waals surface area contributed by atoms with Gasteiger partial charge in [-0.1, -0.05) is 6.07 Å². The van der Waals surface area contributed by atoms with Gasteiger partial charge in [0, 0.05) is 11.6 Å². The minimum atomic E-state index is -0.479. The smallest absolute Gasteiger partial charge is 0.256 e. The number of nitrogens with one attached hydrogen (secondary N) is 1. The molecule has 7 heteroatoms. The van der Waals surface area contributed by atoms with E-state index in [4.69, 9.17) is 9.40 Å². The van der Waals surface area contributed by atoms with Crippen molar-refractivity contribution in [2.75, 3.05) is 5.32 Å². The van der Waals surface area contributed by atoms with Crippen LogP contribution in [0.5, 0.6) is 0 Å². The number of pyridine rings is 1. The van der Waals surface area contributed by atoms with Crippen molar-refractivity contribution < 1.29 is 13.6 Å². The molecular weight excluding hydrogens is 383 g/mol. The third-order valence-corrected chi connectivity index (χ3v) is 4.99. The standard InChI is InChI=1S/C23H23FN4O2/c1-12(2)28-22-18(11-25-28)17(10-21(26-22)16-9-14(4)30-15(16)5)23(29)27-20-7-6-13(3)8-19(20)24/h6-12H,1-5H3,(H,27,29). The van der Waals surface area contributed by atoms with E-state index in [1.807, 2.05) is 33.8 Å². The van der Waals surface area contributed by atoms with Crippen molar-refractivity contribution in [1.82, 2.24) is 14.8 Å². The summed E-state index contributed by atoms with van der Waals surface area (Å²) in [4.78, 5) is 17.9. The average molecular weight is 406 g/mol. The van der Waals surface area contributed by atoms with Gasteiger partial charge in [0.15, 0.2) is 5.65 Å². The number of hydrogen-bond donors (Lipinski definition) is 1. The topological polar surface area (TPSA) is 73.0 Å². The summed E-state index contributed by atoms with van der Waals surface area (Å²) in [6, 6.07) is 8.35. The summed E-state index contributed by atoms with van der Waals surface area (Å²) >= 11 is 0. The number of furan rings is 1. The lowest BCUT2D eigenvalue weighted by Crippen LogP contribution is -2.14. The van der Waals surface area contributed by atoms with E-state index in [-0.39, 0.29) is 11.7 Å². The Hall–Kier alpha value is -3.48. The van der Waals surface area contributed by atoms with E-state index in [1.165, 1.54) is 6.07 Å². The second-order valence-electron chi connectivity index (χ2n) is 7.74. The maximum atomic E-state index is 14.3. The highest BCUT2D eigenvalue weighted by Crippen LogP contribution is 2.30. The van der Waals surface area contributed by atoms with E-state index in [1.54, 1.807) is 36.0 Å². The molecular formula is C23H23FN4O2. The zero-order valence-corrected chi connectivity index (χ0v) is 17.6. The van der Waals surface area contributed by atoms with Crippen LogP contribution in [0.25, 0.3) is 22.3 Å². The highest BCUT2D eigenvalue weighted by atomic mass is 19.1. The fourth-order valence-electron chi connectivity index (χ4n) is 3.52. The van der Waals surface area contributed by atoms with Gasteiger partial charge in [-0.25, -0.2) is 14.1 Å². The number of carbonyl (C=O) groups is 1. The summed E-state index contributed by atoms with van der Waals surface area (Å²) in [6.45, 7) is 9.50. The lowest BCUT2D eigenvalue weighted by molar-refractivity contribution is 0.102. The van der Waals surface area contributed by atoms with Crippen LogP contribution in [0.15, 0.2) is 40.9 Å². The van der Waals surface area contributed by atoms with Crippen molar-refractivity contribution in [3.63, 3.8) is 0 Å². The number of aromatic nitrogens is 3. The monoisotopic (exact) mass is 406 g/mol. The summed E-state index contributed by atoms with van der Waals surface area (Å²) in [5.74, 6) is 0.570. The SMILES string of the molecule is Cc1ccc(NC(=O)c2cc(-c3cc(C)oc3C)nc3c2cnn3C(C)C)c(F)c1. The van der Waals surface area contributed by atoms with Gasteiger partial charge in [0.05, 0.1) is 28.5 Å². The maximum absolute atomic E-state index is 14.3. The second kappa shape index (κ2) is 7.40. The molecule has 1 amide bonds. The number of benzene rings is 1. The molecule has 0 atom stereocenters. The van der Waals surface area contributed by atoms with Crippen LogP contribution < -0.4 is 5.32 Å². The number of aryl methyl sites for hydroxylation is 3. The quantitative estimate of drug-likeness (QED) is 0.480. The Kier molecular flexibility index (Phi) is 4.89. The highest BCUT2D eigenvalue weighted by Gasteiger charge is 2.21. The zero-order valence-electron chi connectivity index (χ0n) is 17.6. The van der Waals surface area contributed by atoms with Gasteiger partial charge in [0.2, 0.25) is 0 Å². The number of carbonyl (C=O) groups excluding carboxylic acids is 1. The van der Waals surface area contributed by atoms with Gasteiger partial charge in [-0.3, -0.25) is 4.79 Å². The summed E-state index contributed by atoms with van der Waals surface area (Å²) < 4.78 is 21.7. The Balaban J connectivity index is 1.87. The van der Waals surface area contributed by atoms with Crippen LogP contribution in [-0.4, -0.2) is 20.7 Å². The third-order valence-electron chi connectivity index (χ3n) is 4.99. The van der Waals surface area contributed by atoms with E-state index in [0.29, 0.717) is 28.1 Å². The van der Waals surface area contributed by atoms with Crippen molar-refractivity contribution in [2.24, 2.45) is 0 Å². The van der Waals surface area contributed by atoms with Gasteiger partial charge < -0.3 is 9.73 Å². The molecule has 1 aromatic carbocycles. The highest BCUT2D eigenvalue weighted by molar-refractivity contribution is 6.12. The first-order valence-electron chi connectivity index (χ1n) is 9.77. The van der Waals surface area contributed by atoms with E-state index >= 15 is 0 Å². The van der Waals surface area contributed by atoms with Gasteiger partial charge in [-0.2, -0.15) is 5.10 Å². The first-order chi connectivity index (χ1) is 14.2. The minimum Gasteiger partial charge on any atom is -0.466 e. The molecule has 0 unspecified atom stereocenters. The van der Waals surface area contributed by atoms with Crippen LogP contribution in [-0.2, 0) is 0 Å². The largest absolute Gasteiger partial charge is 0.466 e. The van der Waals surface area contributed by atoms with E-state index in [0.717, 1.165) is 16.9 Å². The number of fused-ring (bicyclic) bond motifs is 1. The zero-order chi connectivity index (χ0) is 21.6. The predicted molar refractivity (Wildman–Crippen MR) is 114 cm³/mol. The molecule has 4 aromatic rings. The van der Waals surface area contributed by atoms with Gasteiger partial charge >= 0.3 is 0 Å². The lowest BCUT2D eigenvalue weighted by Gasteiger charge is -2.11. The normalized spacial score (nSPS) is 11.4. The summed E-state index contributed by atoms with van der Waals surface area (Å²) in [7, 11) is 0. The van der Waals surface area contributed by atoms with Gasteiger partial charge in [0.25, 0.3) is 5.91 Å². The molecule has 154 valence electrons. The molecule has 0 spiro atoms. The number of halogens is 1. The minimum absolute atomic E-state index is 0.0582. The number of rotatable bonds is 4. The molecule has 3 heterocycles. The van der Waals surface area contributed by atoms with Crippen LogP contribution in [0.2, 0.25) is 0 Å². The van der Waals surface area contributed by atoms with Gasteiger partial charge in [-0.15, -0.1) is 0 Å². The Morgan fingerprint density at radius 2 is 1.93 bits per heavy atom. The molecule has 4 rings (SSSR count). The molecule has 0 aliphatic heterocycles. The average Bonchev–Trinajstić information content (AvgIpc) is 3.25. The van der Waals surface area contributed by atoms with Crippen LogP contribution in [0.1, 0.15) is 47.3 Å². The number of hydrogen-bond acceptors (Lipinski definition) is 4. The molecule has 0 saturated carbocycles. The number of amides is 1. The van der Waals surface area contributed by atoms with Crippen molar-refractivity contribution in [2.45, 2.75) is 40.7 Å². The Labute approximate surface area is 173 Å². The molecule has 1 N–H and O–H groups in total. The van der Waals surface area contributed by atoms with E-state index < -0.39 is 11.7 Å². The summed E-state index contributed by atoms with van der Waals surface area (Å²) in [5.41, 5.74) is 3.29. The van der Waals surface area contributed by atoms with Crippen LogP contribution in [0.4, 0.5) is 10.1 Å². The fourth-order valence-corrected chi connectivity index (χ4v) is 3.52. The lowest BCUT2D eigenvalue weighted by atomic mass is 10.1. The van der Waals surface area contributed by atoms with Gasteiger partial charge in [-0.05, 0) is 64.4 Å². The first kappa shape index (κ1) is 19.8. The molecule has 0 aliphatic rings. The number of nitrogens with zero attached hydrogens (tertiary/aromatic N) is 3. The Morgan fingerprint density at radius 3 is 2.57 bits per heavy atom. The van der Waals surface area contributed by atoms with Crippen LogP contribution >= 0.6 is 0 Å². The molecule has 0 radical (unpaired) electrons. The molecule has 0 fully saturated rings. The third kappa shape index (κ3) is 3.47. The second-order valence-corrected chi connectivity index (χ2v) is 7.74. The van der Waals surface area contributed by atoms with Crippen molar-refractivity contribution >= 4 is 22.6 Å². The summed E-state index contributed by atoms with van der Waals surface area (Å²) in [5, 5.41) is 7.70. The number of anilines is 1. The molecule has 0 bridgehead atoms. The molecule has 0 aliphatic carbocycles. The Morgan fingerprint density at radius 1 is 1.17 bits per heavy atom. The van der Waals surface area contributed by atoms with Crippen LogP contribution in [0, 0.1) is 26.6 Å².